The summed E-state index contributed by atoms with van der Waals surface area (Å²) in [5, 5.41) is 2.37. The Morgan fingerprint density at radius 2 is 1.71 bits per heavy atom. The van der Waals surface area contributed by atoms with Crippen LogP contribution in [0.5, 0.6) is 0 Å². The number of hydrogen-bond donors (Lipinski definition) is 2. The van der Waals surface area contributed by atoms with Gasteiger partial charge in [0.15, 0.2) is 5.82 Å². The highest BCUT2D eigenvalue weighted by molar-refractivity contribution is 7.90. The number of nitrogens with one attached hydrogen (secondary N) is 2. The van der Waals surface area contributed by atoms with E-state index < -0.39 is 15.3 Å². The molecule has 3 rings (SSSR count). The normalized spacial score (nSPS) is 20.1. The van der Waals surface area contributed by atoms with E-state index in [9.17, 15) is 13.2 Å². The van der Waals surface area contributed by atoms with Crippen molar-refractivity contribution in [2.24, 2.45) is 5.92 Å². The summed E-state index contributed by atoms with van der Waals surface area (Å²) < 4.78 is 26.7. The molecule has 1 fully saturated rings. The lowest BCUT2D eigenvalue weighted by Crippen LogP contribution is -2.42. The summed E-state index contributed by atoms with van der Waals surface area (Å²) in [6.07, 6.45) is 5.80. The molecule has 8 heteroatoms. The SMILES string of the molecule is CC(C)S(=O)(=O)N[C@H]1CC[C@H](C(=O)Nc2cnc(-c3ccccc3)cn2)CC1. The number of amides is 1. The molecule has 1 aromatic heterocycles. The van der Waals surface area contributed by atoms with Crippen LogP contribution in [0.1, 0.15) is 39.5 Å². The molecule has 0 unspecified atom stereocenters. The number of rotatable bonds is 6. The van der Waals surface area contributed by atoms with E-state index in [-0.39, 0.29) is 17.9 Å². The van der Waals surface area contributed by atoms with Crippen LogP contribution in [0.4, 0.5) is 5.82 Å². The van der Waals surface area contributed by atoms with E-state index in [2.05, 4.69) is 20.0 Å². The second-order valence-corrected chi connectivity index (χ2v) is 9.67. The number of benzene rings is 1. The predicted octanol–water partition coefficient (Wildman–Crippen LogP) is 2.97. The Labute approximate surface area is 166 Å². The zero-order valence-corrected chi connectivity index (χ0v) is 16.9. The predicted molar refractivity (Wildman–Crippen MR) is 109 cm³/mol. The summed E-state index contributed by atoms with van der Waals surface area (Å²) in [6.45, 7) is 3.32. The number of carbonyl (C=O) groups excluding carboxylic acids is 1. The fourth-order valence-corrected chi connectivity index (χ4v) is 4.19. The Balaban J connectivity index is 1.52. The van der Waals surface area contributed by atoms with E-state index in [0.29, 0.717) is 31.5 Å². The average molecular weight is 403 g/mol. The number of aromatic nitrogens is 2. The van der Waals surface area contributed by atoms with Gasteiger partial charge in [0.1, 0.15) is 0 Å². The van der Waals surface area contributed by atoms with Gasteiger partial charge < -0.3 is 5.32 Å². The van der Waals surface area contributed by atoms with Crippen molar-refractivity contribution in [1.82, 2.24) is 14.7 Å². The number of hydrogen-bond acceptors (Lipinski definition) is 5. The first-order valence-electron chi connectivity index (χ1n) is 9.54. The quantitative estimate of drug-likeness (QED) is 0.774. The minimum Gasteiger partial charge on any atom is -0.309 e. The molecule has 0 saturated heterocycles. The van der Waals surface area contributed by atoms with E-state index in [0.717, 1.165) is 11.3 Å². The maximum atomic E-state index is 12.5. The lowest BCUT2D eigenvalue weighted by atomic mass is 9.86. The van der Waals surface area contributed by atoms with Crippen LogP contribution in [0.15, 0.2) is 42.7 Å². The minimum atomic E-state index is -3.28. The van der Waals surface area contributed by atoms with Crippen LogP contribution < -0.4 is 10.0 Å². The molecule has 0 radical (unpaired) electrons. The van der Waals surface area contributed by atoms with Crippen molar-refractivity contribution in [2.75, 3.05) is 5.32 Å². The molecular formula is C20H26N4O3S. The fourth-order valence-electron chi connectivity index (χ4n) is 3.22. The number of nitrogens with zero attached hydrogens (tertiary/aromatic N) is 2. The van der Waals surface area contributed by atoms with Gasteiger partial charge in [0.05, 0.1) is 23.3 Å². The molecular weight excluding hydrogens is 376 g/mol. The van der Waals surface area contributed by atoms with Gasteiger partial charge in [-0.05, 0) is 39.5 Å². The van der Waals surface area contributed by atoms with Crippen molar-refractivity contribution >= 4 is 21.7 Å². The Hall–Kier alpha value is -2.32. The highest BCUT2D eigenvalue weighted by Gasteiger charge is 2.29. The number of sulfonamides is 1. The van der Waals surface area contributed by atoms with Crippen LogP contribution in [0.2, 0.25) is 0 Å². The molecule has 7 nitrogen and oxygen atoms in total. The molecule has 0 atom stereocenters. The topological polar surface area (TPSA) is 101 Å². The molecule has 1 aliphatic carbocycles. The monoisotopic (exact) mass is 402 g/mol. The van der Waals surface area contributed by atoms with Crippen LogP contribution in [0.3, 0.4) is 0 Å². The van der Waals surface area contributed by atoms with Crippen LogP contribution >= 0.6 is 0 Å². The summed E-state index contributed by atoms with van der Waals surface area (Å²) in [4.78, 5) is 21.2. The van der Waals surface area contributed by atoms with Crippen molar-refractivity contribution < 1.29 is 13.2 Å². The summed E-state index contributed by atoms with van der Waals surface area (Å²) in [7, 11) is -3.28. The molecule has 0 aliphatic heterocycles. The van der Waals surface area contributed by atoms with Gasteiger partial charge in [0.25, 0.3) is 0 Å². The van der Waals surface area contributed by atoms with Gasteiger partial charge in [-0.1, -0.05) is 30.3 Å². The van der Waals surface area contributed by atoms with Gasteiger partial charge in [-0.2, -0.15) is 0 Å². The van der Waals surface area contributed by atoms with Gasteiger partial charge >= 0.3 is 0 Å². The van der Waals surface area contributed by atoms with Crippen LogP contribution in [-0.2, 0) is 14.8 Å². The maximum Gasteiger partial charge on any atom is 0.228 e. The first kappa shape index (κ1) is 20.4. The molecule has 0 bridgehead atoms. The number of carbonyl (C=O) groups is 1. The Bertz CT molecular complexity index is 891. The third kappa shape index (κ3) is 5.14. The van der Waals surface area contributed by atoms with Crippen molar-refractivity contribution in [3.05, 3.63) is 42.7 Å². The molecule has 1 amide bonds. The zero-order valence-electron chi connectivity index (χ0n) is 16.1. The third-order valence-corrected chi connectivity index (χ3v) is 6.93. The molecule has 1 saturated carbocycles. The molecule has 1 aromatic carbocycles. The molecule has 1 aliphatic rings. The van der Waals surface area contributed by atoms with Crippen molar-refractivity contribution in [2.45, 2.75) is 50.8 Å². The molecule has 2 N–H and O–H groups in total. The van der Waals surface area contributed by atoms with Gasteiger partial charge in [0, 0.05) is 17.5 Å². The van der Waals surface area contributed by atoms with Gasteiger partial charge in [0.2, 0.25) is 15.9 Å². The smallest absolute Gasteiger partial charge is 0.228 e. The van der Waals surface area contributed by atoms with Crippen molar-refractivity contribution in [3.63, 3.8) is 0 Å². The minimum absolute atomic E-state index is 0.0908. The van der Waals surface area contributed by atoms with Gasteiger partial charge in [-0.15, -0.1) is 0 Å². The summed E-state index contributed by atoms with van der Waals surface area (Å²) in [5.41, 5.74) is 1.71. The van der Waals surface area contributed by atoms with E-state index in [4.69, 9.17) is 0 Å². The van der Waals surface area contributed by atoms with Crippen LogP contribution in [0.25, 0.3) is 11.3 Å². The third-order valence-electron chi connectivity index (χ3n) is 5.02. The van der Waals surface area contributed by atoms with Crippen molar-refractivity contribution in [3.8, 4) is 11.3 Å². The lowest BCUT2D eigenvalue weighted by Gasteiger charge is -2.28. The maximum absolute atomic E-state index is 12.5. The van der Waals surface area contributed by atoms with E-state index in [1.54, 1.807) is 26.2 Å². The van der Waals surface area contributed by atoms with Gasteiger partial charge in [-0.25, -0.2) is 18.1 Å². The van der Waals surface area contributed by atoms with Crippen molar-refractivity contribution in [1.29, 1.82) is 0 Å². The molecule has 1 heterocycles. The van der Waals surface area contributed by atoms with E-state index in [1.165, 1.54) is 0 Å². The second-order valence-electron chi connectivity index (χ2n) is 7.40. The van der Waals surface area contributed by atoms with Crippen LogP contribution in [0, 0.1) is 5.92 Å². The Morgan fingerprint density at radius 3 is 2.29 bits per heavy atom. The molecule has 28 heavy (non-hydrogen) atoms. The standard InChI is InChI=1S/C20H26N4O3S/c1-14(2)28(26,27)24-17-10-8-16(9-11-17)20(25)23-19-13-21-18(12-22-19)15-6-4-3-5-7-15/h3-7,12-14,16-17,24H,8-11H2,1-2H3,(H,22,23,25)/t16-,17-. The van der Waals surface area contributed by atoms with E-state index >= 15 is 0 Å². The Kier molecular flexibility index (Phi) is 6.41. The lowest BCUT2D eigenvalue weighted by molar-refractivity contribution is -0.120. The highest BCUT2D eigenvalue weighted by Crippen LogP contribution is 2.26. The molecule has 2 aromatic rings. The highest BCUT2D eigenvalue weighted by atomic mass is 32.2. The summed E-state index contributed by atoms with van der Waals surface area (Å²) in [5.74, 6) is 0.189. The summed E-state index contributed by atoms with van der Waals surface area (Å²) >= 11 is 0. The first-order valence-corrected chi connectivity index (χ1v) is 11.1. The first-order chi connectivity index (χ1) is 13.3. The Morgan fingerprint density at radius 1 is 1.04 bits per heavy atom. The zero-order chi connectivity index (χ0) is 20.1. The van der Waals surface area contributed by atoms with E-state index in [1.807, 2.05) is 30.3 Å². The molecule has 150 valence electrons. The average Bonchev–Trinajstić information content (AvgIpc) is 2.69. The van der Waals surface area contributed by atoms with Crippen LogP contribution in [-0.4, -0.2) is 35.6 Å². The second kappa shape index (κ2) is 8.79. The number of anilines is 1. The molecule has 0 spiro atoms. The largest absolute Gasteiger partial charge is 0.309 e. The fraction of sp³-hybridized carbons (Fsp3) is 0.450. The summed E-state index contributed by atoms with van der Waals surface area (Å²) in [6, 6.07) is 9.62. The van der Waals surface area contributed by atoms with Gasteiger partial charge in [-0.3, -0.25) is 9.78 Å².